The van der Waals surface area contributed by atoms with Crippen molar-refractivity contribution in [2.24, 2.45) is 0 Å². The average molecular weight is 338 g/mol. The molecule has 2 aromatic carbocycles. The topological polar surface area (TPSA) is 61.0 Å². The predicted molar refractivity (Wildman–Crippen MR) is 90.8 cm³/mol. The van der Waals surface area contributed by atoms with Crippen LogP contribution in [0.15, 0.2) is 65.4 Å². The quantitative estimate of drug-likeness (QED) is 0.548. The van der Waals surface area contributed by atoms with Gasteiger partial charge in [0, 0.05) is 16.7 Å². The number of hydrogen-bond donors (Lipinski definition) is 0. The first-order valence-corrected chi connectivity index (χ1v) is 7.71. The molecule has 0 aliphatic carbocycles. The highest BCUT2D eigenvalue weighted by molar-refractivity contribution is 6.30. The third-order valence-electron chi connectivity index (χ3n) is 3.56. The number of nitrogens with zero attached hydrogens (tertiary/aromatic N) is 3. The lowest BCUT2D eigenvalue weighted by Crippen LogP contribution is -1.97. The number of rotatable bonds is 4. The summed E-state index contributed by atoms with van der Waals surface area (Å²) in [5.41, 5.74) is 2.50. The second kappa shape index (κ2) is 6.29. The molecule has 4 aromatic rings. The van der Waals surface area contributed by atoms with Gasteiger partial charge in [0.25, 0.3) is 0 Å². The maximum atomic E-state index is 5.89. The molecule has 2 heterocycles. The molecule has 0 spiro atoms. The minimum atomic E-state index is 0.238. The third kappa shape index (κ3) is 2.94. The Labute approximate surface area is 142 Å². The summed E-state index contributed by atoms with van der Waals surface area (Å²) in [7, 11) is 0. The molecule has 6 heteroatoms. The van der Waals surface area contributed by atoms with Gasteiger partial charge < -0.3 is 9.26 Å². The van der Waals surface area contributed by atoms with Gasteiger partial charge in [-0.3, -0.25) is 0 Å². The lowest BCUT2D eigenvalue weighted by atomic mass is 10.1. The fourth-order valence-corrected chi connectivity index (χ4v) is 2.50. The van der Waals surface area contributed by atoms with E-state index in [1.165, 1.54) is 6.33 Å². The molecule has 0 saturated carbocycles. The first-order chi connectivity index (χ1) is 11.8. The normalized spacial score (nSPS) is 10.9. The van der Waals surface area contributed by atoms with E-state index >= 15 is 0 Å². The van der Waals surface area contributed by atoms with Crippen molar-refractivity contribution in [3.63, 3.8) is 0 Å². The summed E-state index contributed by atoms with van der Waals surface area (Å²) in [6.07, 6.45) is 1.48. The van der Waals surface area contributed by atoms with E-state index in [-0.39, 0.29) is 6.61 Å². The van der Waals surface area contributed by atoms with Gasteiger partial charge in [-0.25, -0.2) is 9.97 Å². The molecule has 0 atom stereocenters. The monoisotopic (exact) mass is 337 g/mol. The first kappa shape index (κ1) is 14.7. The standard InChI is InChI=1S/C18H12ClN3O2/c19-13-7-5-12(6-8-13)17-9-14(24-22-17)10-23-18-15-3-1-2-4-16(15)20-11-21-18/h1-9,11H,10H2. The Morgan fingerprint density at radius 3 is 2.71 bits per heavy atom. The number of ether oxygens (including phenoxy) is 1. The van der Waals surface area contributed by atoms with Gasteiger partial charge in [0.1, 0.15) is 12.0 Å². The van der Waals surface area contributed by atoms with Crippen LogP contribution in [0, 0.1) is 0 Å². The van der Waals surface area contributed by atoms with Gasteiger partial charge in [-0.05, 0) is 24.3 Å². The second-order valence-corrected chi connectivity index (χ2v) is 5.61. The van der Waals surface area contributed by atoms with Crippen molar-refractivity contribution in [1.29, 1.82) is 0 Å². The van der Waals surface area contributed by atoms with Crippen LogP contribution >= 0.6 is 11.6 Å². The Balaban J connectivity index is 1.53. The molecule has 0 fully saturated rings. The van der Waals surface area contributed by atoms with Gasteiger partial charge in [-0.2, -0.15) is 0 Å². The Morgan fingerprint density at radius 1 is 1.00 bits per heavy atom. The highest BCUT2D eigenvalue weighted by atomic mass is 35.5. The molecular weight excluding hydrogens is 326 g/mol. The van der Waals surface area contributed by atoms with Crippen molar-refractivity contribution >= 4 is 22.5 Å². The minimum Gasteiger partial charge on any atom is -0.469 e. The molecule has 0 aliphatic rings. The Bertz CT molecular complexity index is 978. The van der Waals surface area contributed by atoms with E-state index in [9.17, 15) is 0 Å². The maximum Gasteiger partial charge on any atom is 0.224 e. The van der Waals surface area contributed by atoms with Crippen LogP contribution in [0.1, 0.15) is 5.76 Å². The molecule has 0 N–H and O–H groups in total. The smallest absolute Gasteiger partial charge is 0.224 e. The van der Waals surface area contributed by atoms with Gasteiger partial charge in [0.2, 0.25) is 5.88 Å². The molecule has 4 rings (SSSR count). The van der Waals surface area contributed by atoms with Crippen molar-refractivity contribution in [1.82, 2.24) is 15.1 Å². The number of aromatic nitrogens is 3. The maximum absolute atomic E-state index is 5.89. The Morgan fingerprint density at radius 2 is 1.83 bits per heavy atom. The number of hydrogen-bond acceptors (Lipinski definition) is 5. The lowest BCUT2D eigenvalue weighted by molar-refractivity contribution is 0.244. The van der Waals surface area contributed by atoms with Crippen molar-refractivity contribution in [2.45, 2.75) is 6.61 Å². The summed E-state index contributed by atoms with van der Waals surface area (Å²) < 4.78 is 11.1. The second-order valence-electron chi connectivity index (χ2n) is 5.17. The lowest BCUT2D eigenvalue weighted by Gasteiger charge is -2.05. The molecule has 0 aliphatic heterocycles. The molecule has 118 valence electrons. The van der Waals surface area contributed by atoms with Gasteiger partial charge >= 0.3 is 0 Å². The summed E-state index contributed by atoms with van der Waals surface area (Å²) in [5.74, 6) is 1.13. The molecule has 0 bridgehead atoms. The van der Waals surface area contributed by atoms with Gasteiger partial charge in [0.05, 0.1) is 10.9 Å². The highest BCUT2D eigenvalue weighted by Crippen LogP contribution is 2.24. The van der Waals surface area contributed by atoms with E-state index in [1.807, 2.05) is 54.6 Å². The van der Waals surface area contributed by atoms with E-state index in [4.69, 9.17) is 20.9 Å². The van der Waals surface area contributed by atoms with E-state index in [2.05, 4.69) is 15.1 Å². The third-order valence-corrected chi connectivity index (χ3v) is 3.81. The van der Waals surface area contributed by atoms with Crippen LogP contribution in [0.2, 0.25) is 5.02 Å². The summed E-state index contributed by atoms with van der Waals surface area (Å²) in [4.78, 5) is 8.40. The van der Waals surface area contributed by atoms with Crippen molar-refractivity contribution in [2.75, 3.05) is 0 Å². The van der Waals surface area contributed by atoms with Crippen molar-refractivity contribution in [3.8, 4) is 17.1 Å². The SMILES string of the molecule is Clc1ccc(-c2cc(COc3ncnc4ccccc34)on2)cc1. The van der Waals surface area contributed by atoms with Crippen LogP contribution in [0.5, 0.6) is 5.88 Å². The summed E-state index contributed by atoms with van der Waals surface area (Å²) in [6.45, 7) is 0.238. The van der Waals surface area contributed by atoms with Crippen molar-refractivity contribution < 1.29 is 9.26 Å². The van der Waals surface area contributed by atoms with Crippen LogP contribution < -0.4 is 4.74 Å². The van der Waals surface area contributed by atoms with Gasteiger partial charge in [-0.1, -0.05) is 41.0 Å². The van der Waals surface area contributed by atoms with E-state index in [1.54, 1.807) is 0 Å². The molecule has 0 radical (unpaired) electrons. The number of benzene rings is 2. The number of halogens is 1. The largest absolute Gasteiger partial charge is 0.469 e. The fourth-order valence-electron chi connectivity index (χ4n) is 2.37. The van der Waals surface area contributed by atoms with Crippen LogP contribution in [-0.2, 0) is 6.61 Å². The van der Waals surface area contributed by atoms with E-state index < -0.39 is 0 Å². The molecule has 0 amide bonds. The summed E-state index contributed by atoms with van der Waals surface area (Å²) >= 11 is 5.89. The molecule has 2 aromatic heterocycles. The molecule has 24 heavy (non-hydrogen) atoms. The predicted octanol–water partition coefficient (Wildman–Crippen LogP) is 4.52. The number of fused-ring (bicyclic) bond motifs is 1. The molecule has 5 nitrogen and oxygen atoms in total. The van der Waals surface area contributed by atoms with Crippen LogP contribution in [0.25, 0.3) is 22.2 Å². The summed E-state index contributed by atoms with van der Waals surface area (Å²) in [5, 5.41) is 5.60. The molecular formula is C18H12ClN3O2. The Kier molecular flexibility index (Phi) is 3.84. The molecule has 0 unspecified atom stereocenters. The zero-order chi connectivity index (χ0) is 16.4. The number of para-hydroxylation sites is 1. The van der Waals surface area contributed by atoms with Crippen molar-refractivity contribution in [3.05, 3.63) is 71.7 Å². The van der Waals surface area contributed by atoms with E-state index in [0.29, 0.717) is 16.7 Å². The van der Waals surface area contributed by atoms with Crippen LogP contribution in [0.3, 0.4) is 0 Å². The van der Waals surface area contributed by atoms with Gasteiger partial charge in [-0.15, -0.1) is 0 Å². The first-order valence-electron chi connectivity index (χ1n) is 7.34. The Hall–Kier alpha value is -2.92. The summed E-state index contributed by atoms with van der Waals surface area (Å²) in [6, 6.07) is 16.9. The zero-order valence-electron chi connectivity index (χ0n) is 12.5. The van der Waals surface area contributed by atoms with Gasteiger partial charge in [0.15, 0.2) is 12.4 Å². The fraction of sp³-hybridized carbons (Fsp3) is 0.0556. The average Bonchev–Trinajstić information content (AvgIpc) is 3.09. The highest BCUT2D eigenvalue weighted by Gasteiger charge is 2.09. The minimum absolute atomic E-state index is 0.238. The van der Waals surface area contributed by atoms with Crippen LogP contribution in [0.4, 0.5) is 0 Å². The van der Waals surface area contributed by atoms with E-state index in [0.717, 1.165) is 22.2 Å². The van der Waals surface area contributed by atoms with Crippen LogP contribution in [-0.4, -0.2) is 15.1 Å². The zero-order valence-corrected chi connectivity index (χ0v) is 13.3. The molecule has 0 saturated heterocycles.